The molecule has 0 spiro atoms. The quantitative estimate of drug-likeness (QED) is 0.484. The van der Waals surface area contributed by atoms with Crippen molar-refractivity contribution < 1.29 is 18.7 Å². The molecule has 0 unspecified atom stereocenters. The Bertz CT molecular complexity index is 1000. The van der Waals surface area contributed by atoms with E-state index in [9.17, 15) is 9.18 Å². The van der Waals surface area contributed by atoms with Gasteiger partial charge in [-0.15, -0.1) is 0 Å². The highest BCUT2D eigenvalue weighted by atomic mass is 19.1. The third-order valence-electron chi connectivity index (χ3n) is 5.53. The van der Waals surface area contributed by atoms with Crippen LogP contribution in [0.1, 0.15) is 24.0 Å². The minimum Gasteiger partial charge on any atom is -0.493 e. The van der Waals surface area contributed by atoms with E-state index < -0.39 is 0 Å². The Morgan fingerprint density at radius 1 is 1.22 bits per heavy atom. The van der Waals surface area contributed by atoms with Gasteiger partial charge >= 0.3 is 0 Å². The van der Waals surface area contributed by atoms with E-state index in [1.807, 2.05) is 35.2 Å². The predicted octanol–water partition coefficient (Wildman–Crippen LogP) is 3.85. The van der Waals surface area contributed by atoms with Crippen LogP contribution in [0.5, 0.6) is 5.75 Å². The molecule has 6 nitrogen and oxygen atoms in total. The second kappa shape index (κ2) is 10.9. The average molecular weight is 438 g/mol. The SMILES string of the molecule is O=C(Cn1cccn1)N(Cc1cccc(OCCc2ccccc2F)c1)C[C@@H]1CCCO1. The Balaban J connectivity index is 1.38. The van der Waals surface area contributed by atoms with Crippen molar-refractivity contribution in [2.45, 2.75) is 38.5 Å². The van der Waals surface area contributed by atoms with E-state index >= 15 is 0 Å². The van der Waals surface area contributed by atoms with Crippen LogP contribution in [0.25, 0.3) is 0 Å². The highest BCUT2D eigenvalue weighted by Gasteiger charge is 2.23. The third-order valence-corrected chi connectivity index (χ3v) is 5.53. The standard InChI is InChI=1S/C25H28FN3O3/c26-24-10-2-1-7-21(24)11-15-32-22-8-3-6-20(16-22)17-28(18-23-9-4-14-31-23)25(30)19-29-13-5-12-27-29/h1-3,5-8,10,12-13,16,23H,4,9,11,14-15,17-19H2/t23-/m0/s1. The summed E-state index contributed by atoms with van der Waals surface area (Å²) in [5, 5.41) is 4.15. The summed E-state index contributed by atoms with van der Waals surface area (Å²) in [6.07, 6.45) is 6.00. The first-order valence-electron chi connectivity index (χ1n) is 11.0. The summed E-state index contributed by atoms with van der Waals surface area (Å²) in [5.74, 6) is 0.482. The first-order valence-corrected chi connectivity index (χ1v) is 11.0. The van der Waals surface area contributed by atoms with E-state index in [2.05, 4.69) is 5.10 Å². The smallest absolute Gasteiger partial charge is 0.244 e. The zero-order chi connectivity index (χ0) is 22.2. The molecule has 1 amide bonds. The molecule has 0 radical (unpaired) electrons. The summed E-state index contributed by atoms with van der Waals surface area (Å²) in [6, 6.07) is 16.2. The van der Waals surface area contributed by atoms with Crippen molar-refractivity contribution in [3.63, 3.8) is 0 Å². The van der Waals surface area contributed by atoms with E-state index in [4.69, 9.17) is 9.47 Å². The second-order valence-electron chi connectivity index (χ2n) is 7.95. The van der Waals surface area contributed by atoms with Gasteiger partial charge in [0.15, 0.2) is 0 Å². The topological polar surface area (TPSA) is 56.6 Å². The fourth-order valence-corrected chi connectivity index (χ4v) is 3.86. The third kappa shape index (κ3) is 6.17. The van der Waals surface area contributed by atoms with Crippen molar-refractivity contribution in [1.82, 2.24) is 14.7 Å². The number of halogens is 1. The molecule has 32 heavy (non-hydrogen) atoms. The number of aromatic nitrogens is 2. The van der Waals surface area contributed by atoms with Crippen molar-refractivity contribution in [3.8, 4) is 5.75 Å². The Labute approximate surface area is 187 Å². The van der Waals surface area contributed by atoms with Crippen LogP contribution >= 0.6 is 0 Å². The average Bonchev–Trinajstić information content (AvgIpc) is 3.49. The molecule has 1 saturated heterocycles. The number of carbonyl (C=O) groups is 1. The summed E-state index contributed by atoms with van der Waals surface area (Å²) < 4.78 is 27.0. The monoisotopic (exact) mass is 437 g/mol. The van der Waals surface area contributed by atoms with Gasteiger partial charge in [-0.2, -0.15) is 5.10 Å². The molecule has 1 aromatic heterocycles. The zero-order valence-electron chi connectivity index (χ0n) is 18.0. The van der Waals surface area contributed by atoms with Crippen molar-refractivity contribution in [2.75, 3.05) is 19.8 Å². The molecule has 0 bridgehead atoms. The molecule has 168 valence electrons. The Morgan fingerprint density at radius 2 is 2.12 bits per heavy atom. The number of rotatable bonds is 10. The summed E-state index contributed by atoms with van der Waals surface area (Å²) in [5.41, 5.74) is 1.61. The van der Waals surface area contributed by atoms with Crippen molar-refractivity contribution in [2.24, 2.45) is 0 Å². The highest BCUT2D eigenvalue weighted by molar-refractivity contribution is 5.76. The lowest BCUT2D eigenvalue weighted by Gasteiger charge is -2.26. The van der Waals surface area contributed by atoms with Gasteiger partial charge in [-0.3, -0.25) is 9.48 Å². The molecule has 1 fully saturated rings. The molecular formula is C25H28FN3O3. The van der Waals surface area contributed by atoms with Crippen molar-refractivity contribution in [1.29, 1.82) is 0 Å². The summed E-state index contributed by atoms with van der Waals surface area (Å²) in [4.78, 5) is 14.8. The van der Waals surface area contributed by atoms with Gasteiger partial charge < -0.3 is 14.4 Å². The number of benzene rings is 2. The predicted molar refractivity (Wildman–Crippen MR) is 119 cm³/mol. The number of nitrogens with zero attached hydrogens (tertiary/aromatic N) is 3. The first kappa shape index (κ1) is 22.0. The molecule has 0 N–H and O–H groups in total. The van der Waals surface area contributed by atoms with Crippen LogP contribution in [-0.4, -0.2) is 46.5 Å². The zero-order valence-corrected chi connectivity index (χ0v) is 18.0. The molecular weight excluding hydrogens is 409 g/mol. The molecule has 2 aromatic carbocycles. The lowest BCUT2D eigenvalue weighted by molar-refractivity contribution is -0.134. The first-order chi connectivity index (χ1) is 15.7. The summed E-state index contributed by atoms with van der Waals surface area (Å²) in [7, 11) is 0. The Kier molecular flexibility index (Phi) is 7.51. The second-order valence-corrected chi connectivity index (χ2v) is 7.95. The van der Waals surface area contributed by atoms with E-state index in [0.717, 1.165) is 25.0 Å². The number of amides is 1. The van der Waals surface area contributed by atoms with Gasteiger partial charge in [0.25, 0.3) is 0 Å². The van der Waals surface area contributed by atoms with Crippen LogP contribution in [-0.2, 0) is 29.0 Å². The van der Waals surface area contributed by atoms with Crippen LogP contribution in [0.15, 0.2) is 67.0 Å². The highest BCUT2D eigenvalue weighted by Crippen LogP contribution is 2.19. The van der Waals surface area contributed by atoms with Gasteiger partial charge in [-0.05, 0) is 48.2 Å². The molecule has 1 aliphatic rings. The fourth-order valence-electron chi connectivity index (χ4n) is 3.86. The number of ether oxygens (including phenoxy) is 2. The Morgan fingerprint density at radius 3 is 2.91 bits per heavy atom. The molecule has 1 atom stereocenters. The normalized spacial score (nSPS) is 15.6. The van der Waals surface area contributed by atoms with Gasteiger partial charge in [-0.1, -0.05) is 30.3 Å². The molecule has 2 heterocycles. The largest absolute Gasteiger partial charge is 0.493 e. The van der Waals surface area contributed by atoms with E-state index in [1.165, 1.54) is 6.07 Å². The molecule has 7 heteroatoms. The molecule has 0 saturated carbocycles. The lowest BCUT2D eigenvalue weighted by atomic mass is 10.1. The van der Waals surface area contributed by atoms with E-state index in [1.54, 1.807) is 35.3 Å². The lowest BCUT2D eigenvalue weighted by Crippen LogP contribution is -2.39. The summed E-state index contributed by atoms with van der Waals surface area (Å²) >= 11 is 0. The van der Waals surface area contributed by atoms with Gasteiger partial charge in [-0.25, -0.2) is 4.39 Å². The van der Waals surface area contributed by atoms with Crippen LogP contribution in [0, 0.1) is 5.82 Å². The minimum absolute atomic E-state index is 0.00456. The molecule has 3 aromatic rings. The van der Waals surface area contributed by atoms with Crippen molar-refractivity contribution in [3.05, 3.63) is 83.9 Å². The number of carbonyl (C=O) groups excluding carboxylic acids is 1. The van der Waals surface area contributed by atoms with Gasteiger partial charge in [0.1, 0.15) is 18.1 Å². The maximum atomic E-state index is 13.8. The maximum absolute atomic E-state index is 13.8. The van der Waals surface area contributed by atoms with Crippen molar-refractivity contribution >= 4 is 5.91 Å². The van der Waals surface area contributed by atoms with Crippen LogP contribution in [0.3, 0.4) is 0 Å². The van der Waals surface area contributed by atoms with Crippen LogP contribution < -0.4 is 4.74 Å². The van der Waals surface area contributed by atoms with Gasteiger partial charge in [0, 0.05) is 38.5 Å². The number of hydrogen-bond acceptors (Lipinski definition) is 4. The fraction of sp³-hybridized carbons (Fsp3) is 0.360. The Hall–Kier alpha value is -3.19. The van der Waals surface area contributed by atoms with E-state index in [-0.39, 0.29) is 24.4 Å². The van der Waals surface area contributed by atoms with Gasteiger partial charge in [0.2, 0.25) is 5.91 Å². The summed E-state index contributed by atoms with van der Waals surface area (Å²) in [6.45, 7) is 2.33. The van der Waals surface area contributed by atoms with Gasteiger partial charge in [0.05, 0.1) is 12.7 Å². The molecule has 0 aliphatic carbocycles. The number of hydrogen-bond donors (Lipinski definition) is 0. The molecule has 1 aliphatic heterocycles. The van der Waals surface area contributed by atoms with Crippen LogP contribution in [0.2, 0.25) is 0 Å². The maximum Gasteiger partial charge on any atom is 0.244 e. The molecule has 4 rings (SSSR count). The van der Waals surface area contributed by atoms with Crippen LogP contribution in [0.4, 0.5) is 4.39 Å². The minimum atomic E-state index is -0.217. The van der Waals surface area contributed by atoms with E-state index in [0.29, 0.717) is 37.4 Å².